The second-order valence-electron chi connectivity index (χ2n) is 6.67. The van der Waals surface area contributed by atoms with Crippen LogP contribution in [-0.4, -0.2) is 15.2 Å². The highest BCUT2D eigenvalue weighted by molar-refractivity contribution is 5.94. The van der Waals surface area contributed by atoms with Crippen molar-refractivity contribution in [2.24, 2.45) is 0 Å². The summed E-state index contributed by atoms with van der Waals surface area (Å²) in [5.74, 6) is 1.02. The molecular formula is C24H17N3O. The number of benzene rings is 3. The van der Waals surface area contributed by atoms with Crippen molar-refractivity contribution in [1.82, 2.24) is 15.2 Å². The molecular weight excluding hydrogens is 346 g/mol. The van der Waals surface area contributed by atoms with Crippen molar-refractivity contribution in [3.8, 4) is 34.2 Å². The Bertz CT molecular complexity index is 1280. The van der Waals surface area contributed by atoms with Gasteiger partial charge in [0.2, 0.25) is 11.8 Å². The van der Waals surface area contributed by atoms with E-state index >= 15 is 0 Å². The fraction of sp³-hybridized carbons (Fsp3) is 0.0417. The fourth-order valence-corrected chi connectivity index (χ4v) is 3.36. The van der Waals surface area contributed by atoms with Crippen molar-refractivity contribution in [2.75, 3.05) is 0 Å². The van der Waals surface area contributed by atoms with E-state index < -0.39 is 0 Å². The molecule has 0 fully saturated rings. The van der Waals surface area contributed by atoms with E-state index in [-0.39, 0.29) is 0 Å². The average Bonchev–Trinajstić information content (AvgIpc) is 3.24. The Morgan fingerprint density at radius 2 is 1.36 bits per heavy atom. The Balaban J connectivity index is 1.70. The minimum Gasteiger partial charge on any atom is -0.416 e. The van der Waals surface area contributed by atoms with E-state index in [1.54, 1.807) is 0 Å². The molecule has 0 aliphatic heterocycles. The monoisotopic (exact) mass is 363 g/mol. The predicted octanol–water partition coefficient (Wildman–Crippen LogP) is 5.93. The maximum atomic E-state index is 6.09. The van der Waals surface area contributed by atoms with Crippen LogP contribution in [0.2, 0.25) is 0 Å². The number of hydrogen-bond acceptors (Lipinski definition) is 4. The van der Waals surface area contributed by atoms with Gasteiger partial charge in [-0.25, -0.2) is 4.98 Å². The Morgan fingerprint density at radius 1 is 0.679 bits per heavy atom. The quantitative estimate of drug-likeness (QED) is 0.399. The predicted molar refractivity (Wildman–Crippen MR) is 111 cm³/mol. The summed E-state index contributed by atoms with van der Waals surface area (Å²) in [6.45, 7) is 2.04. The van der Waals surface area contributed by atoms with Crippen molar-refractivity contribution >= 4 is 10.9 Å². The largest absolute Gasteiger partial charge is 0.416 e. The molecule has 5 aromatic rings. The summed E-state index contributed by atoms with van der Waals surface area (Å²) in [5, 5.41) is 9.63. The molecule has 0 amide bonds. The molecule has 2 aromatic heterocycles. The number of nitrogens with zero attached hydrogens (tertiary/aromatic N) is 3. The van der Waals surface area contributed by atoms with Gasteiger partial charge < -0.3 is 4.42 Å². The Kier molecular flexibility index (Phi) is 3.95. The van der Waals surface area contributed by atoms with E-state index in [0.717, 1.165) is 38.9 Å². The number of pyridine rings is 1. The number of para-hydroxylation sites is 1. The SMILES string of the molecule is Cc1ccccc1-c1nnc(-c2cc(-c3ccccc3)nc3ccccc23)o1. The van der Waals surface area contributed by atoms with Gasteiger partial charge in [-0.2, -0.15) is 0 Å². The molecule has 0 bridgehead atoms. The zero-order valence-corrected chi connectivity index (χ0v) is 15.3. The van der Waals surface area contributed by atoms with Gasteiger partial charge in [0.25, 0.3) is 0 Å². The van der Waals surface area contributed by atoms with E-state index in [0.29, 0.717) is 11.8 Å². The summed E-state index contributed by atoms with van der Waals surface area (Å²) in [7, 11) is 0. The third kappa shape index (κ3) is 2.85. The molecule has 4 nitrogen and oxygen atoms in total. The highest BCUT2D eigenvalue weighted by Gasteiger charge is 2.16. The molecule has 3 aromatic carbocycles. The van der Waals surface area contributed by atoms with E-state index in [1.807, 2.05) is 91.9 Å². The van der Waals surface area contributed by atoms with Crippen LogP contribution in [0, 0.1) is 6.92 Å². The Morgan fingerprint density at radius 3 is 2.18 bits per heavy atom. The Hall–Kier alpha value is -3.79. The summed E-state index contributed by atoms with van der Waals surface area (Å²) in [6, 6.07) is 28.2. The molecule has 2 heterocycles. The van der Waals surface area contributed by atoms with Crippen LogP contribution >= 0.6 is 0 Å². The zero-order valence-electron chi connectivity index (χ0n) is 15.3. The van der Waals surface area contributed by atoms with Crippen molar-refractivity contribution in [2.45, 2.75) is 6.92 Å². The fourth-order valence-electron chi connectivity index (χ4n) is 3.36. The van der Waals surface area contributed by atoms with E-state index in [1.165, 1.54) is 0 Å². The lowest BCUT2D eigenvalue weighted by Gasteiger charge is -2.07. The van der Waals surface area contributed by atoms with Crippen LogP contribution in [0.25, 0.3) is 45.1 Å². The van der Waals surface area contributed by atoms with Gasteiger partial charge in [-0.05, 0) is 30.7 Å². The van der Waals surface area contributed by atoms with Crippen LogP contribution in [0.15, 0.2) is 89.3 Å². The maximum absolute atomic E-state index is 6.09. The smallest absolute Gasteiger partial charge is 0.248 e. The molecule has 0 N–H and O–H groups in total. The lowest BCUT2D eigenvalue weighted by molar-refractivity contribution is 0.585. The van der Waals surface area contributed by atoms with Crippen molar-refractivity contribution in [1.29, 1.82) is 0 Å². The van der Waals surface area contributed by atoms with Gasteiger partial charge in [-0.3, -0.25) is 0 Å². The minimum absolute atomic E-state index is 0.494. The van der Waals surface area contributed by atoms with Crippen LogP contribution in [0.4, 0.5) is 0 Å². The standard InChI is InChI=1S/C24H17N3O/c1-16-9-5-6-12-18(16)23-26-27-24(28-23)20-15-22(17-10-3-2-4-11-17)25-21-14-8-7-13-19(20)21/h2-15H,1H3. The topological polar surface area (TPSA) is 51.8 Å². The number of rotatable bonds is 3. The molecule has 134 valence electrons. The molecule has 0 unspecified atom stereocenters. The first-order valence-electron chi connectivity index (χ1n) is 9.15. The number of fused-ring (bicyclic) bond motifs is 1. The summed E-state index contributed by atoms with van der Waals surface area (Å²) < 4.78 is 6.09. The normalized spacial score (nSPS) is 11.0. The van der Waals surface area contributed by atoms with E-state index in [9.17, 15) is 0 Å². The zero-order chi connectivity index (χ0) is 18.9. The highest BCUT2D eigenvalue weighted by atomic mass is 16.4. The van der Waals surface area contributed by atoms with Gasteiger partial charge in [-0.15, -0.1) is 10.2 Å². The van der Waals surface area contributed by atoms with Gasteiger partial charge in [-0.1, -0.05) is 66.7 Å². The molecule has 0 aliphatic rings. The lowest BCUT2D eigenvalue weighted by atomic mass is 10.0. The molecule has 0 aliphatic carbocycles. The van der Waals surface area contributed by atoms with Gasteiger partial charge in [0.05, 0.1) is 16.8 Å². The molecule has 4 heteroatoms. The number of aromatic nitrogens is 3. The summed E-state index contributed by atoms with van der Waals surface area (Å²) in [6.07, 6.45) is 0. The lowest BCUT2D eigenvalue weighted by Crippen LogP contribution is -1.89. The molecule has 0 spiro atoms. The molecule has 5 rings (SSSR count). The van der Waals surface area contributed by atoms with Crippen molar-refractivity contribution in [3.05, 3.63) is 90.5 Å². The number of hydrogen-bond donors (Lipinski definition) is 0. The summed E-state index contributed by atoms with van der Waals surface area (Å²) in [4.78, 5) is 4.82. The van der Waals surface area contributed by atoms with Crippen LogP contribution in [0.1, 0.15) is 5.56 Å². The maximum Gasteiger partial charge on any atom is 0.248 e. The van der Waals surface area contributed by atoms with Crippen molar-refractivity contribution in [3.63, 3.8) is 0 Å². The third-order valence-electron chi connectivity index (χ3n) is 4.82. The Labute approximate surface area is 162 Å². The average molecular weight is 363 g/mol. The first-order valence-corrected chi connectivity index (χ1v) is 9.15. The van der Waals surface area contributed by atoms with E-state index in [2.05, 4.69) is 10.2 Å². The van der Waals surface area contributed by atoms with Crippen LogP contribution in [0.3, 0.4) is 0 Å². The van der Waals surface area contributed by atoms with Crippen LogP contribution in [-0.2, 0) is 0 Å². The number of aryl methyl sites for hydroxylation is 1. The minimum atomic E-state index is 0.494. The molecule has 0 saturated heterocycles. The van der Waals surface area contributed by atoms with Crippen LogP contribution < -0.4 is 0 Å². The first-order chi connectivity index (χ1) is 13.8. The van der Waals surface area contributed by atoms with Crippen LogP contribution in [0.5, 0.6) is 0 Å². The third-order valence-corrected chi connectivity index (χ3v) is 4.82. The van der Waals surface area contributed by atoms with E-state index in [4.69, 9.17) is 9.40 Å². The van der Waals surface area contributed by atoms with Gasteiger partial charge in [0.1, 0.15) is 0 Å². The van der Waals surface area contributed by atoms with Gasteiger partial charge in [0.15, 0.2) is 0 Å². The molecule has 0 radical (unpaired) electrons. The molecule has 0 atom stereocenters. The van der Waals surface area contributed by atoms with Gasteiger partial charge >= 0.3 is 0 Å². The second-order valence-corrected chi connectivity index (χ2v) is 6.67. The van der Waals surface area contributed by atoms with Crippen molar-refractivity contribution < 1.29 is 4.42 Å². The first kappa shape index (κ1) is 16.4. The second kappa shape index (κ2) is 6.74. The van der Waals surface area contributed by atoms with Gasteiger partial charge in [0, 0.05) is 16.5 Å². The molecule has 28 heavy (non-hydrogen) atoms. The highest BCUT2D eigenvalue weighted by Crippen LogP contribution is 2.33. The molecule has 0 saturated carbocycles. The summed E-state index contributed by atoms with van der Waals surface area (Å²) >= 11 is 0. The summed E-state index contributed by atoms with van der Waals surface area (Å²) in [5.41, 5.74) is 5.76.